The number of unbranched alkanes of at least 4 members (excludes halogenated alkanes) is 10. The van der Waals surface area contributed by atoms with E-state index in [0.717, 1.165) is 12.0 Å². The number of hydroxylamine groups is 2. The molecule has 0 radical (unpaired) electrons. The van der Waals surface area contributed by atoms with Crippen molar-refractivity contribution in [3.05, 3.63) is 41.5 Å². The number of amides is 1. The van der Waals surface area contributed by atoms with Gasteiger partial charge in [-0.3, -0.25) is 10.0 Å². The van der Waals surface area contributed by atoms with Crippen molar-refractivity contribution < 1.29 is 10.0 Å². The van der Waals surface area contributed by atoms with Gasteiger partial charge in [-0.1, -0.05) is 95.1 Å². The molecule has 0 heterocycles. The Morgan fingerprint density at radius 1 is 0.960 bits per heavy atom. The van der Waals surface area contributed by atoms with Gasteiger partial charge in [-0.25, -0.2) is 5.06 Å². The highest BCUT2D eigenvalue weighted by atomic mass is 16.5. The summed E-state index contributed by atoms with van der Waals surface area (Å²) < 4.78 is 0. The number of allylic oxidation sites excluding steroid dienone is 1. The van der Waals surface area contributed by atoms with Crippen LogP contribution >= 0.6 is 0 Å². The molecule has 0 saturated heterocycles. The molecule has 0 aliphatic heterocycles. The lowest BCUT2D eigenvalue weighted by molar-refractivity contribution is -0.0375. The zero-order chi connectivity index (χ0) is 18.3. The van der Waals surface area contributed by atoms with Crippen molar-refractivity contribution in [3.8, 4) is 0 Å². The zero-order valence-corrected chi connectivity index (χ0v) is 16.0. The predicted octanol–water partition coefficient (Wildman–Crippen LogP) is 6.47. The van der Waals surface area contributed by atoms with Gasteiger partial charge >= 0.3 is 0 Å². The molecule has 1 aromatic rings. The molecule has 1 N–H and O–H groups in total. The van der Waals surface area contributed by atoms with Crippen LogP contribution < -0.4 is 0 Å². The van der Waals surface area contributed by atoms with Crippen LogP contribution in [0.1, 0.15) is 93.5 Å². The van der Waals surface area contributed by atoms with Crippen LogP contribution in [-0.4, -0.2) is 23.2 Å². The molecular formula is C22H35NO2. The van der Waals surface area contributed by atoms with E-state index in [1.54, 1.807) is 6.07 Å². The SMILES string of the molecule is CCCCCCCCCCCC/C=C/c1ccccc1C(=O)N(C)O. The van der Waals surface area contributed by atoms with Gasteiger partial charge in [0.15, 0.2) is 0 Å². The van der Waals surface area contributed by atoms with Gasteiger partial charge in [0.25, 0.3) is 5.91 Å². The largest absolute Gasteiger partial charge is 0.286 e. The van der Waals surface area contributed by atoms with Crippen LogP contribution in [0.5, 0.6) is 0 Å². The van der Waals surface area contributed by atoms with E-state index >= 15 is 0 Å². The summed E-state index contributed by atoms with van der Waals surface area (Å²) in [4.78, 5) is 11.9. The molecule has 1 amide bonds. The van der Waals surface area contributed by atoms with Crippen LogP contribution in [0.15, 0.2) is 30.3 Å². The minimum absolute atomic E-state index is 0.376. The van der Waals surface area contributed by atoms with E-state index in [9.17, 15) is 10.0 Å². The van der Waals surface area contributed by atoms with Crippen LogP contribution in [-0.2, 0) is 0 Å². The fraction of sp³-hybridized carbons (Fsp3) is 0.591. The molecule has 0 unspecified atom stereocenters. The monoisotopic (exact) mass is 345 g/mol. The van der Waals surface area contributed by atoms with Crippen molar-refractivity contribution in [1.82, 2.24) is 5.06 Å². The molecule has 0 fully saturated rings. The Kier molecular flexibility index (Phi) is 11.7. The van der Waals surface area contributed by atoms with Gasteiger partial charge in [-0.15, -0.1) is 0 Å². The molecule has 0 aliphatic carbocycles. The molecule has 0 aromatic heterocycles. The van der Waals surface area contributed by atoms with E-state index in [0.29, 0.717) is 10.6 Å². The Hall–Kier alpha value is -1.61. The average Bonchev–Trinajstić information content (AvgIpc) is 2.62. The summed E-state index contributed by atoms with van der Waals surface area (Å²) in [6.45, 7) is 2.26. The molecule has 0 spiro atoms. The Labute approximate surface area is 153 Å². The lowest BCUT2D eigenvalue weighted by Crippen LogP contribution is -2.23. The summed E-state index contributed by atoms with van der Waals surface area (Å²) in [7, 11) is 1.35. The van der Waals surface area contributed by atoms with Gasteiger partial charge in [0.1, 0.15) is 0 Å². The Balaban J connectivity index is 2.17. The third kappa shape index (κ3) is 9.45. The average molecular weight is 346 g/mol. The van der Waals surface area contributed by atoms with Gasteiger partial charge < -0.3 is 0 Å². The normalized spacial score (nSPS) is 11.2. The number of nitrogens with zero attached hydrogens (tertiary/aromatic N) is 1. The van der Waals surface area contributed by atoms with Crippen molar-refractivity contribution in [1.29, 1.82) is 0 Å². The second-order valence-electron chi connectivity index (χ2n) is 6.79. The minimum Gasteiger partial charge on any atom is -0.286 e. The number of benzene rings is 1. The molecule has 140 valence electrons. The summed E-state index contributed by atoms with van der Waals surface area (Å²) in [6, 6.07) is 7.38. The van der Waals surface area contributed by atoms with Crippen molar-refractivity contribution in [2.24, 2.45) is 0 Å². The van der Waals surface area contributed by atoms with Gasteiger partial charge in [0.2, 0.25) is 0 Å². The van der Waals surface area contributed by atoms with Crippen LogP contribution in [0.25, 0.3) is 6.08 Å². The van der Waals surface area contributed by atoms with Gasteiger partial charge in [-0.2, -0.15) is 0 Å². The standard InChI is InChI=1S/C22H35NO2/c1-3-4-5-6-7-8-9-10-11-12-13-14-17-20-18-15-16-19-21(20)22(24)23(2)25/h14-19,25H,3-13H2,1-2H3/b17-14+. The number of rotatable bonds is 13. The van der Waals surface area contributed by atoms with Gasteiger partial charge in [0, 0.05) is 12.6 Å². The van der Waals surface area contributed by atoms with Crippen LogP contribution in [0.3, 0.4) is 0 Å². The fourth-order valence-electron chi connectivity index (χ4n) is 2.97. The summed E-state index contributed by atoms with van der Waals surface area (Å²) in [6.07, 6.45) is 18.6. The first kappa shape index (κ1) is 21.4. The fourth-order valence-corrected chi connectivity index (χ4v) is 2.97. The quantitative estimate of drug-likeness (QED) is 0.253. The van der Waals surface area contributed by atoms with Crippen molar-refractivity contribution in [3.63, 3.8) is 0 Å². The first-order valence-corrected chi connectivity index (χ1v) is 9.89. The summed E-state index contributed by atoms with van der Waals surface area (Å²) >= 11 is 0. The summed E-state index contributed by atoms with van der Waals surface area (Å²) in [5.41, 5.74) is 1.40. The Bertz CT molecular complexity index is 509. The molecule has 0 bridgehead atoms. The molecule has 0 saturated carbocycles. The van der Waals surface area contributed by atoms with E-state index in [1.165, 1.54) is 71.3 Å². The highest BCUT2D eigenvalue weighted by molar-refractivity contribution is 5.96. The summed E-state index contributed by atoms with van der Waals surface area (Å²) in [5, 5.41) is 9.97. The lowest BCUT2D eigenvalue weighted by Gasteiger charge is -2.10. The van der Waals surface area contributed by atoms with E-state index in [2.05, 4.69) is 13.0 Å². The first-order valence-electron chi connectivity index (χ1n) is 9.89. The highest BCUT2D eigenvalue weighted by Crippen LogP contribution is 2.15. The smallest absolute Gasteiger partial charge is 0.277 e. The number of carbonyl (C=O) groups is 1. The first-order chi connectivity index (χ1) is 12.2. The zero-order valence-electron chi connectivity index (χ0n) is 16.0. The molecule has 3 nitrogen and oxygen atoms in total. The second-order valence-corrected chi connectivity index (χ2v) is 6.79. The molecule has 1 aromatic carbocycles. The lowest BCUT2D eigenvalue weighted by atomic mass is 10.0. The Morgan fingerprint density at radius 2 is 1.52 bits per heavy atom. The van der Waals surface area contributed by atoms with Crippen molar-refractivity contribution >= 4 is 12.0 Å². The van der Waals surface area contributed by atoms with E-state index in [1.807, 2.05) is 24.3 Å². The minimum atomic E-state index is -0.376. The van der Waals surface area contributed by atoms with E-state index in [4.69, 9.17) is 0 Å². The second kappa shape index (κ2) is 13.7. The van der Waals surface area contributed by atoms with E-state index in [-0.39, 0.29) is 5.91 Å². The van der Waals surface area contributed by atoms with Gasteiger partial charge in [-0.05, 0) is 24.5 Å². The molecule has 0 aliphatic rings. The third-order valence-electron chi connectivity index (χ3n) is 4.51. The van der Waals surface area contributed by atoms with Crippen LogP contribution in [0.4, 0.5) is 0 Å². The number of hydrogen-bond donors (Lipinski definition) is 1. The van der Waals surface area contributed by atoms with Gasteiger partial charge in [0.05, 0.1) is 0 Å². The molecule has 1 rings (SSSR count). The predicted molar refractivity (Wildman–Crippen MR) is 106 cm³/mol. The Morgan fingerprint density at radius 3 is 2.12 bits per heavy atom. The van der Waals surface area contributed by atoms with Crippen molar-refractivity contribution in [2.75, 3.05) is 7.05 Å². The topological polar surface area (TPSA) is 40.5 Å². The molecule has 25 heavy (non-hydrogen) atoms. The molecule has 0 atom stereocenters. The molecular weight excluding hydrogens is 310 g/mol. The highest BCUT2D eigenvalue weighted by Gasteiger charge is 2.11. The number of carbonyl (C=O) groups excluding carboxylic acids is 1. The maximum atomic E-state index is 11.9. The van der Waals surface area contributed by atoms with Crippen molar-refractivity contribution in [2.45, 2.75) is 77.6 Å². The van der Waals surface area contributed by atoms with Crippen LogP contribution in [0.2, 0.25) is 0 Å². The van der Waals surface area contributed by atoms with E-state index < -0.39 is 0 Å². The maximum Gasteiger partial charge on any atom is 0.277 e. The van der Waals surface area contributed by atoms with Crippen LogP contribution in [0, 0.1) is 0 Å². The number of hydrogen-bond acceptors (Lipinski definition) is 2. The molecule has 3 heteroatoms. The maximum absolute atomic E-state index is 11.9. The summed E-state index contributed by atoms with van der Waals surface area (Å²) in [5.74, 6) is -0.376. The third-order valence-corrected chi connectivity index (χ3v) is 4.51.